The molecular formula is C25H22N4O6. The summed E-state index contributed by atoms with van der Waals surface area (Å²) in [6.45, 7) is 0.222. The van der Waals surface area contributed by atoms with E-state index in [-0.39, 0.29) is 6.79 Å². The van der Waals surface area contributed by atoms with Crippen LogP contribution in [-0.4, -0.2) is 37.2 Å². The summed E-state index contributed by atoms with van der Waals surface area (Å²) in [5, 5.41) is 13.9. The van der Waals surface area contributed by atoms with E-state index in [2.05, 4.69) is 20.8 Å². The van der Waals surface area contributed by atoms with Crippen LogP contribution in [0.15, 0.2) is 65.1 Å². The molecule has 0 fully saturated rings. The number of urea groups is 1. The number of nitrogens with zero attached hydrogens (tertiary/aromatic N) is 2. The Hall–Kier alpha value is -4.73. The number of hydrogen-bond acceptors (Lipinski definition) is 8. The van der Waals surface area contributed by atoms with E-state index in [0.29, 0.717) is 52.4 Å². The first kappa shape index (κ1) is 22.1. The van der Waals surface area contributed by atoms with Gasteiger partial charge in [-0.05, 0) is 35.9 Å². The average molecular weight is 474 g/mol. The minimum Gasteiger partial charge on any atom is -0.497 e. The SMILES string of the molecule is COc1cc(NC(=O)Nc2cccc(-c3nnc(Cc4ccc5c(c4)OCO5)o3)c2)cc(OC)c1. The summed E-state index contributed by atoms with van der Waals surface area (Å²) in [5.74, 6) is 3.36. The highest BCUT2D eigenvalue weighted by molar-refractivity contribution is 6.00. The number of benzene rings is 3. The molecule has 0 bridgehead atoms. The second-order valence-corrected chi connectivity index (χ2v) is 7.63. The first-order valence-electron chi connectivity index (χ1n) is 10.7. The van der Waals surface area contributed by atoms with Crippen molar-refractivity contribution in [2.75, 3.05) is 31.6 Å². The molecule has 0 unspecified atom stereocenters. The van der Waals surface area contributed by atoms with Crippen LogP contribution < -0.4 is 29.6 Å². The molecule has 5 rings (SSSR count). The Kier molecular flexibility index (Phi) is 6.08. The topological polar surface area (TPSA) is 117 Å². The zero-order valence-corrected chi connectivity index (χ0v) is 19.0. The van der Waals surface area contributed by atoms with Crippen molar-refractivity contribution in [3.05, 3.63) is 72.1 Å². The maximum absolute atomic E-state index is 12.5. The number of nitrogens with one attached hydrogen (secondary N) is 2. The van der Waals surface area contributed by atoms with Gasteiger partial charge in [0.1, 0.15) is 11.5 Å². The lowest BCUT2D eigenvalue weighted by Gasteiger charge is -2.11. The number of fused-ring (bicyclic) bond motifs is 1. The van der Waals surface area contributed by atoms with Gasteiger partial charge in [-0.25, -0.2) is 4.79 Å². The first-order valence-corrected chi connectivity index (χ1v) is 10.7. The molecule has 3 aromatic carbocycles. The van der Waals surface area contributed by atoms with Crippen molar-refractivity contribution in [1.82, 2.24) is 10.2 Å². The third kappa shape index (κ3) is 5.11. The number of anilines is 2. The van der Waals surface area contributed by atoms with Gasteiger partial charge in [0.25, 0.3) is 0 Å². The van der Waals surface area contributed by atoms with Crippen molar-refractivity contribution < 1.29 is 28.2 Å². The van der Waals surface area contributed by atoms with Gasteiger partial charge in [-0.1, -0.05) is 12.1 Å². The minimum absolute atomic E-state index is 0.222. The number of methoxy groups -OCH3 is 2. The van der Waals surface area contributed by atoms with Crippen LogP contribution in [0.1, 0.15) is 11.5 Å². The van der Waals surface area contributed by atoms with Gasteiger partial charge in [0.2, 0.25) is 18.6 Å². The summed E-state index contributed by atoms with van der Waals surface area (Å²) in [7, 11) is 3.09. The molecule has 10 heteroatoms. The Morgan fingerprint density at radius 3 is 2.46 bits per heavy atom. The second-order valence-electron chi connectivity index (χ2n) is 7.63. The number of aromatic nitrogens is 2. The first-order chi connectivity index (χ1) is 17.1. The standard InChI is InChI=1S/C25H22N4O6/c1-31-19-11-18(12-20(13-19)32-2)27-25(30)26-17-5-3-4-16(10-17)24-29-28-23(35-24)9-15-6-7-21-22(8-15)34-14-33-21/h3-8,10-13H,9,14H2,1-2H3,(H2,26,27,30). The highest BCUT2D eigenvalue weighted by Gasteiger charge is 2.16. The molecule has 2 N–H and O–H groups in total. The number of carbonyl (C=O) groups is 1. The molecule has 4 aromatic rings. The van der Waals surface area contributed by atoms with Gasteiger partial charge in [-0.15, -0.1) is 10.2 Å². The van der Waals surface area contributed by atoms with E-state index in [9.17, 15) is 4.79 Å². The number of ether oxygens (including phenoxy) is 4. The molecule has 0 atom stereocenters. The molecule has 2 heterocycles. The van der Waals surface area contributed by atoms with E-state index in [0.717, 1.165) is 11.3 Å². The van der Waals surface area contributed by atoms with E-state index in [1.165, 1.54) is 0 Å². The summed E-state index contributed by atoms with van der Waals surface area (Å²) in [6.07, 6.45) is 0.452. The predicted octanol–water partition coefficient (Wildman–Crippen LogP) is 4.72. The van der Waals surface area contributed by atoms with Crippen LogP contribution in [0.5, 0.6) is 23.0 Å². The van der Waals surface area contributed by atoms with E-state index in [1.807, 2.05) is 24.3 Å². The third-order valence-electron chi connectivity index (χ3n) is 5.24. The van der Waals surface area contributed by atoms with Crippen molar-refractivity contribution in [2.45, 2.75) is 6.42 Å². The summed E-state index contributed by atoms with van der Waals surface area (Å²) >= 11 is 0. The van der Waals surface area contributed by atoms with Crippen molar-refractivity contribution in [3.8, 4) is 34.5 Å². The maximum atomic E-state index is 12.5. The molecule has 0 spiro atoms. The van der Waals surface area contributed by atoms with Gasteiger partial charge in [-0.2, -0.15) is 0 Å². The van der Waals surface area contributed by atoms with Crippen molar-refractivity contribution in [3.63, 3.8) is 0 Å². The molecule has 0 saturated heterocycles. The lowest BCUT2D eigenvalue weighted by atomic mass is 10.1. The van der Waals surface area contributed by atoms with Gasteiger partial charge in [0, 0.05) is 35.1 Å². The number of amides is 2. The average Bonchev–Trinajstić information content (AvgIpc) is 3.53. The van der Waals surface area contributed by atoms with Crippen molar-refractivity contribution >= 4 is 17.4 Å². The second kappa shape index (κ2) is 9.64. The number of carbonyl (C=O) groups excluding carboxylic acids is 1. The smallest absolute Gasteiger partial charge is 0.323 e. The lowest BCUT2D eigenvalue weighted by molar-refractivity contribution is 0.174. The fourth-order valence-corrected chi connectivity index (χ4v) is 3.57. The summed E-state index contributed by atoms with van der Waals surface area (Å²) in [5.41, 5.74) is 2.73. The van der Waals surface area contributed by atoms with E-state index < -0.39 is 6.03 Å². The Bertz CT molecular complexity index is 1350. The molecule has 0 saturated carbocycles. The van der Waals surface area contributed by atoms with Crippen LogP contribution in [0.4, 0.5) is 16.2 Å². The normalized spacial score (nSPS) is 11.7. The van der Waals surface area contributed by atoms with E-state index in [1.54, 1.807) is 50.6 Å². The molecule has 2 amide bonds. The summed E-state index contributed by atoms with van der Waals surface area (Å²) in [4.78, 5) is 12.5. The van der Waals surface area contributed by atoms with Crippen LogP contribution >= 0.6 is 0 Å². The van der Waals surface area contributed by atoms with Gasteiger partial charge >= 0.3 is 6.03 Å². The van der Waals surface area contributed by atoms with Gasteiger partial charge in [-0.3, -0.25) is 0 Å². The Morgan fingerprint density at radius 2 is 1.66 bits per heavy atom. The summed E-state index contributed by atoms with van der Waals surface area (Å²) in [6, 6.07) is 17.5. The number of rotatable bonds is 7. The van der Waals surface area contributed by atoms with Crippen LogP contribution in [0.2, 0.25) is 0 Å². The molecule has 1 aliphatic rings. The Balaban J connectivity index is 1.25. The van der Waals surface area contributed by atoms with Gasteiger partial charge < -0.3 is 34.0 Å². The molecule has 10 nitrogen and oxygen atoms in total. The molecule has 35 heavy (non-hydrogen) atoms. The molecular weight excluding hydrogens is 452 g/mol. The molecule has 1 aromatic heterocycles. The fraction of sp³-hybridized carbons (Fsp3) is 0.160. The molecule has 1 aliphatic heterocycles. The van der Waals surface area contributed by atoms with E-state index >= 15 is 0 Å². The maximum Gasteiger partial charge on any atom is 0.323 e. The van der Waals surface area contributed by atoms with Crippen molar-refractivity contribution in [1.29, 1.82) is 0 Å². The third-order valence-corrected chi connectivity index (χ3v) is 5.24. The Labute approximate surface area is 200 Å². The lowest BCUT2D eigenvalue weighted by Crippen LogP contribution is -2.19. The van der Waals surface area contributed by atoms with Crippen LogP contribution in [0.25, 0.3) is 11.5 Å². The molecule has 0 aliphatic carbocycles. The fourth-order valence-electron chi connectivity index (χ4n) is 3.57. The summed E-state index contributed by atoms with van der Waals surface area (Å²) < 4.78 is 27.1. The Morgan fingerprint density at radius 1 is 0.886 bits per heavy atom. The van der Waals surface area contributed by atoms with Crippen molar-refractivity contribution in [2.24, 2.45) is 0 Å². The van der Waals surface area contributed by atoms with Crippen LogP contribution in [0.3, 0.4) is 0 Å². The van der Waals surface area contributed by atoms with Crippen LogP contribution in [-0.2, 0) is 6.42 Å². The highest BCUT2D eigenvalue weighted by Crippen LogP contribution is 2.33. The largest absolute Gasteiger partial charge is 0.497 e. The van der Waals surface area contributed by atoms with E-state index in [4.69, 9.17) is 23.4 Å². The van der Waals surface area contributed by atoms with Crippen LogP contribution in [0, 0.1) is 0 Å². The highest BCUT2D eigenvalue weighted by atomic mass is 16.7. The zero-order chi connectivity index (χ0) is 24.2. The number of hydrogen-bond donors (Lipinski definition) is 2. The minimum atomic E-state index is -0.425. The van der Waals surface area contributed by atoms with Gasteiger partial charge in [0.05, 0.1) is 20.6 Å². The monoisotopic (exact) mass is 474 g/mol. The molecule has 0 radical (unpaired) electrons. The zero-order valence-electron chi connectivity index (χ0n) is 19.0. The quantitative estimate of drug-likeness (QED) is 0.395. The predicted molar refractivity (Wildman–Crippen MR) is 127 cm³/mol. The molecule has 178 valence electrons. The van der Waals surface area contributed by atoms with Gasteiger partial charge in [0.15, 0.2) is 11.5 Å².